The van der Waals surface area contributed by atoms with Gasteiger partial charge in [0.25, 0.3) is 5.91 Å². The number of hydrogen-bond donors (Lipinski definition) is 1. The number of aromatic carboxylic acids is 1. The first-order valence-corrected chi connectivity index (χ1v) is 10.1. The van der Waals surface area contributed by atoms with Crippen molar-refractivity contribution in [1.29, 1.82) is 0 Å². The molecule has 0 bridgehead atoms. The lowest BCUT2D eigenvalue weighted by molar-refractivity contribution is -0.126. The molecule has 1 aromatic carbocycles. The van der Waals surface area contributed by atoms with Crippen LogP contribution in [-0.4, -0.2) is 41.6 Å². The van der Waals surface area contributed by atoms with Crippen molar-refractivity contribution in [2.75, 3.05) is 13.7 Å². The summed E-state index contributed by atoms with van der Waals surface area (Å²) in [6.07, 6.45) is 6.65. The SMILES string of the molecule is Cc1oc(CN(C)C(=O)C2=Cc3cc(OC4CCCC4)ccc3OC2)cc1C(=O)O. The molecule has 1 N–H and O–H groups in total. The number of carbonyl (C=O) groups is 2. The highest BCUT2D eigenvalue weighted by atomic mass is 16.5. The zero-order valence-corrected chi connectivity index (χ0v) is 17.1. The number of benzene rings is 1. The summed E-state index contributed by atoms with van der Waals surface area (Å²) in [5, 5.41) is 9.15. The molecule has 158 valence electrons. The maximum Gasteiger partial charge on any atom is 0.339 e. The molecule has 1 aromatic heterocycles. The number of aryl methyl sites for hydroxylation is 1. The second-order valence-corrected chi connectivity index (χ2v) is 7.83. The average molecular weight is 411 g/mol. The number of hydrogen-bond acceptors (Lipinski definition) is 5. The smallest absolute Gasteiger partial charge is 0.339 e. The van der Waals surface area contributed by atoms with Crippen molar-refractivity contribution in [3.05, 3.63) is 52.5 Å². The van der Waals surface area contributed by atoms with E-state index in [-0.39, 0.29) is 30.7 Å². The van der Waals surface area contributed by atoms with E-state index in [4.69, 9.17) is 19.0 Å². The standard InChI is InChI=1S/C23H25NO6/c1-14-20(23(26)27)11-19(29-14)12-24(2)22(25)16-9-15-10-18(7-8-21(15)28-13-16)30-17-5-3-4-6-17/h7-11,17H,3-6,12-13H2,1-2H3,(H,26,27). The fourth-order valence-electron chi connectivity index (χ4n) is 3.94. The van der Waals surface area contributed by atoms with Gasteiger partial charge >= 0.3 is 5.97 Å². The van der Waals surface area contributed by atoms with Gasteiger partial charge < -0.3 is 23.9 Å². The molecular formula is C23H25NO6. The maximum atomic E-state index is 12.9. The van der Waals surface area contributed by atoms with Crippen LogP contribution in [0.5, 0.6) is 11.5 Å². The van der Waals surface area contributed by atoms with Crippen LogP contribution in [0.3, 0.4) is 0 Å². The minimum Gasteiger partial charge on any atom is -0.490 e. The molecule has 2 heterocycles. The fourth-order valence-corrected chi connectivity index (χ4v) is 3.94. The summed E-state index contributed by atoms with van der Waals surface area (Å²) in [6, 6.07) is 7.15. The summed E-state index contributed by atoms with van der Waals surface area (Å²) >= 11 is 0. The molecule has 7 nitrogen and oxygen atoms in total. The number of carbonyl (C=O) groups excluding carboxylic acids is 1. The second-order valence-electron chi connectivity index (χ2n) is 7.83. The normalized spacial score (nSPS) is 15.9. The monoisotopic (exact) mass is 411 g/mol. The molecule has 4 rings (SSSR count). The quantitative estimate of drug-likeness (QED) is 0.772. The summed E-state index contributed by atoms with van der Waals surface area (Å²) in [5.74, 6) is 1.00. The number of ether oxygens (including phenoxy) is 2. The lowest BCUT2D eigenvalue weighted by Gasteiger charge is -2.22. The zero-order valence-electron chi connectivity index (χ0n) is 17.1. The van der Waals surface area contributed by atoms with Gasteiger partial charge in [-0.05, 0) is 62.9 Å². The Kier molecular flexibility index (Phi) is 5.53. The molecule has 1 fully saturated rings. The van der Waals surface area contributed by atoms with Crippen molar-refractivity contribution < 1.29 is 28.6 Å². The molecule has 7 heteroatoms. The van der Waals surface area contributed by atoms with Gasteiger partial charge in [-0.25, -0.2) is 4.79 Å². The minimum absolute atomic E-state index is 0.106. The minimum atomic E-state index is -1.05. The van der Waals surface area contributed by atoms with Crippen LogP contribution in [0.15, 0.2) is 34.3 Å². The maximum absolute atomic E-state index is 12.9. The summed E-state index contributed by atoms with van der Waals surface area (Å²) in [6.45, 7) is 1.94. The number of likely N-dealkylation sites (N-methyl/N-ethyl adjacent to an activating group) is 1. The van der Waals surface area contributed by atoms with E-state index in [1.807, 2.05) is 24.3 Å². The van der Waals surface area contributed by atoms with Crippen molar-refractivity contribution in [2.45, 2.75) is 45.3 Å². The van der Waals surface area contributed by atoms with Crippen molar-refractivity contribution in [1.82, 2.24) is 4.90 Å². The van der Waals surface area contributed by atoms with Crippen molar-refractivity contribution in [2.24, 2.45) is 0 Å². The van der Waals surface area contributed by atoms with Crippen molar-refractivity contribution in [3.63, 3.8) is 0 Å². The summed E-state index contributed by atoms with van der Waals surface area (Å²) in [5.41, 5.74) is 1.44. The molecule has 2 aromatic rings. The number of rotatable bonds is 6. The molecule has 0 atom stereocenters. The number of carboxylic acids is 1. The number of fused-ring (bicyclic) bond motifs is 1. The number of nitrogens with zero attached hydrogens (tertiary/aromatic N) is 1. The van der Waals surface area contributed by atoms with Crippen molar-refractivity contribution in [3.8, 4) is 11.5 Å². The first-order chi connectivity index (χ1) is 14.4. The molecule has 1 amide bonds. The highest BCUT2D eigenvalue weighted by Gasteiger charge is 2.23. The highest BCUT2D eigenvalue weighted by molar-refractivity contribution is 5.99. The zero-order chi connectivity index (χ0) is 21.3. The number of carboxylic acid groups (broad SMARTS) is 1. The molecule has 1 aliphatic heterocycles. The molecule has 0 spiro atoms. The number of amides is 1. The van der Waals surface area contributed by atoms with Crippen LogP contribution in [0.4, 0.5) is 0 Å². The third kappa shape index (κ3) is 4.20. The molecule has 1 aliphatic carbocycles. The Labute approximate surface area is 174 Å². The van der Waals surface area contributed by atoms with Gasteiger partial charge in [0.1, 0.15) is 35.2 Å². The molecule has 0 saturated heterocycles. The lowest BCUT2D eigenvalue weighted by atomic mass is 10.1. The van der Waals surface area contributed by atoms with Gasteiger partial charge in [0.05, 0.1) is 18.2 Å². The van der Waals surface area contributed by atoms with E-state index in [0.29, 0.717) is 17.1 Å². The predicted octanol–water partition coefficient (Wildman–Crippen LogP) is 4.04. The molecule has 0 unspecified atom stereocenters. The lowest BCUT2D eigenvalue weighted by Crippen LogP contribution is -2.30. The Balaban J connectivity index is 1.47. The largest absolute Gasteiger partial charge is 0.490 e. The van der Waals surface area contributed by atoms with Gasteiger partial charge in [0, 0.05) is 12.6 Å². The van der Waals surface area contributed by atoms with Crippen LogP contribution in [0.25, 0.3) is 6.08 Å². The van der Waals surface area contributed by atoms with E-state index >= 15 is 0 Å². The van der Waals surface area contributed by atoms with Crippen LogP contribution in [-0.2, 0) is 11.3 Å². The van der Waals surface area contributed by atoms with Gasteiger partial charge in [-0.2, -0.15) is 0 Å². The van der Waals surface area contributed by atoms with Crippen LogP contribution < -0.4 is 9.47 Å². The Morgan fingerprint density at radius 2 is 2.00 bits per heavy atom. The van der Waals surface area contributed by atoms with E-state index in [0.717, 1.165) is 29.9 Å². The van der Waals surface area contributed by atoms with Gasteiger partial charge in [0.2, 0.25) is 0 Å². The Morgan fingerprint density at radius 3 is 2.70 bits per heavy atom. The van der Waals surface area contributed by atoms with Crippen LogP contribution >= 0.6 is 0 Å². The van der Waals surface area contributed by atoms with E-state index in [1.165, 1.54) is 23.8 Å². The predicted molar refractivity (Wildman–Crippen MR) is 110 cm³/mol. The molecule has 0 radical (unpaired) electrons. The molecule has 30 heavy (non-hydrogen) atoms. The van der Waals surface area contributed by atoms with Crippen LogP contribution in [0.1, 0.15) is 53.1 Å². The summed E-state index contributed by atoms with van der Waals surface area (Å²) in [4.78, 5) is 25.6. The van der Waals surface area contributed by atoms with E-state index < -0.39 is 5.97 Å². The van der Waals surface area contributed by atoms with E-state index in [9.17, 15) is 9.59 Å². The average Bonchev–Trinajstić information content (AvgIpc) is 3.36. The third-order valence-electron chi connectivity index (χ3n) is 5.51. The van der Waals surface area contributed by atoms with Gasteiger partial charge in [-0.1, -0.05) is 0 Å². The fraction of sp³-hybridized carbons (Fsp3) is 0.391. The molecule has 1 saturated carbocycles. The third-order valence-corrected chi connectivity index (χ3v) is 5.51. The van der Waals surface area contributed by atoms with Crippen molar-refractivity contribution >= 4 is 18.0 Å². The topological polar surface area (TPSA) is 89.2 Å². The Hall–Kier alpha value is -3.22. The van der Waals surface area contributed by atoms with Crippen LogP contribution in [0, 0.1) is 6.92 Å². The molecule has 2 aliphatic rings. The number of furan rings is 1. The summed E-state index contributed by atoms with van der Waals surface area (Å²) < 4.78 is 17.3. The van der Waals surface area contributed by atoms with Crippen LogP contribution in [0.2, 0.25) is 0 Å². The van der Waals surface area contributed by atoms with Gasteiger partial charge in [-0.15, -0.1) is 0 Å². The first-order valence-electron chi connectivity index (χ1n) is 10.1. The summed E-state index contributed by atoms with van der Waals surface area (Å²) in [7, 11) is 1.65. The van der Waals surface area contributed by atoms with E-state index in [1.54, 1.807) is 14.0 Å². The van der Waals surface area contributed by atoms with Gasteiger partial charge in [0.15, 0.2) is 0 Å². The first kappa shape index (κ1) is 20.1. The Morgan fingerprint density at radius 1 is 1.23 bits per heavy atom. The van der Waals surface area contributed by atoms with E-state index in [2.05, 4.69) is 0 Å². The Bertz CT molecular complexity index is 999. The van der Waals surface area contributed by atoms with Gasteiger partial charge in [-0.3, -0.25) is 4.79 Å². The second kappa shape index (κ2) is 8.26. The highest BCUT2D eigenvalue weighted by Crippen LogP contribution is 2.32. The molecular weight excluding hydrogens is 386 g/mol.